The standard InChI is InChI=1S/C19H15ClFN3O2/c1-11-3-2-4-12(7-11)18-22-19(26-23-18)13-8-17(25)24(10-13)16-6-5-14(21)9-15(16)20/h2-7,9,13H,8,10H2,1H3. The molecule has 1 aliphatic heterocycles. The molecule has 0 aliphatic carbocycles. The molecule has 2 heterocycles. The molecular formula is C19H15ClFN3O2. The Hall–Kier alpha value is -2.73. The Labute approximate surface area is 154 Å². The van der Waals surface area contributed by atoms with Crippen LogP contribution in [0.25, 0.3) is 11.4 Å². The minimum Gasteiger partial charge on any atom is -0.339 e. The number of carbonyl (C=O) groups is 1. The zero-order chi connectivity index (χ0) is 18.3. The van der Waals surface area contributed by atoms with Crippen LogP contribution in [0.3, 0.4) is 0 Å². The number of nitrogens with zero attached hydrogens (tertiary/aromatic N) is 3. The number of aromatic nitrogens is 2. The number of aryl methyl sites for hydroxylation is 1. The molecule has 2 aromatic carbocycles. The molecule has 4 rings (SSSR count). The Bertz CT molecular complexity index is 988. The first-order valence-corrected chi connectivity index (χ1v) is 8.55. The maximum atomic E-state index is 13.2. The van der Waals surface area contributed by atoms with Crippen LogP contribution in [-0.2, 0) is 4.79 Å². The zero-order valence-electron chi connectivity index (χ0n) is 13.9. The van der Waals surface area contributed by atoms with E-state index in [9.17, 15) is 9.18 Å². The van der Waals surface area contributed by atoms with Gasteiger partial charge in [0, 0.05) is 18.5 Å². The van der Waals surface area contributed by atoms with Crippen molar-refractivity contribution in [1.29, 1.82) is 0 Å². The van der Waals surface area contributed by atoms with Crippen molar-refractivity contribution in [2.75, 3.05) is 11.4 Å². The highest BCUT2D eigenvalue weighted by molar-refractivity contribution is 6.33. The summed E-state index contributed by atoms with van der Waals surface area (Å²) in [4.78, 5) is 18.4. The summed E-state index contributed by atoms with van der Waals surface area (Å²) in [7, 11) is 0. The maximum absolute atomic E-state index is 13.2. The lowest BCUT2D eigenvalue weighted by molar-refractivity contribution is -0.117. The molecule has 7 heteroatoms. The predicted molar refractivity (Wildman–Crippen MR) is 95.6 cm³/mol. The van der Waals surface area contributed by atoms with Crippen molar-refractivity contribution in [3.05, 3.63) is 64.8 Å². The van der Waals surface area contributed by atoms with E-state index in [1.807, 2.05) is 31.2 Å². The molecule has 132 valence electrons. The van der Waals surface area contributed by atoms with Crippen molar-refractivity contribution < 1.29 is 13.7 Å². The van der Waals surface area contributed by atoms with E-state index in [4.69, 9.17) is 16.1 Å². The van der Waals surface area contributed by atoms with Gasteiger partial charge in [0.25, 0.3) is 0 Å². The minimum absolute atomic E-state index is 0.112. The molecule has 3 aromatic rings. The van der Waals surface area contributed by atoms with E-state index < -0.39 is 5.82 Å². The van der Waals surface area contributed by atoms with Crippen LogP contribution in [0.2, 0.25) is 5.02 Å². The molecule has 1 fully saturated rings. The van der Waals surface area contributed by atoms with Crippen LogP contribution in [0.4, 0.5) is 10.1 Å². The Kier molecular flexibility index (Phi) is 4.20. The summed E-state index contributed by atoms with van der Waals surface area (Å²) in [6.07, 6.45) is 0.239. The number of halogens is 2. The highest BCUT2D eigenvalue weighted by Gasteiger charge is 2.36. The van der Waals surface area contributed by atoms with Crippen LogP contribution >= 0.6 is 11.6 Å². The highest BCUT2D eigenvalue weighted by Crippen LogP contribution is 2.35. The smallest absolute Gasteiger partial charge is 0.232 e. The highest BCUT2D eigenvalue weighted by atomic mass is 35.5. The van der Waals surface area contributed by atoms with E-state index in [-0.39, 0.29) is 23.3 Å². The second-order valence-corrected chi connectivity index (χ2v) is 6.73. The van der Waals surface area contributed by atoms with E-state index in [1.165, 1.54) is 23.1 Å². The molecule has 0 radical (unpaired) electrons. The van der Waals surface area contributed by atoms with Gasteiger partial charge >= 0.3 is 0 Å². The van der Waals surface area contributed by atoms with Crippen molar-refractivity contribution in [2.24, 2.45) is 0 Å². The maximum Gasteiger partial charge on any atom is 0.232 e. The summed E-state index contributed by atoms with van der Waals surface area (Å²) in [5.41, 5.74) is 2.45. The first kappa shape index (κ1) is 16.7. The quantitative estimate of drug-likeness (QED) is 0.686. The summed E-state index contributed by atoms with van der Waals surface area (Å²) in [6.45, 7) is 2.35. The molecule has 1 atom stereocenters. The number of hydrogen-bond acceptors (Lipinski definition) is 4. The van der Waals surface area contributed by atoms with Gasteiger partial charge in [-0.15, -0.1) is 0 Å². The lowest BCUT2D eigenvalue weighted by Gasteiger charge is -2.17. The molecule has 0 saturated carbocycles. The second-order valence-electron chi connectivity index (χ2n) is 6.33. The second kappa shape index (κ2) is 6.53. The lowest BCUT2D eigenvalue weighted by Crippen LogP contribution is -2.24. The first-order valence-electron chi connectivity index (χ1n) is 8.17. The molecule has 1 amide bonds. The fraction of sp³-hybridized carbons (Fsp3) is 0.211. The van der Waals surface area contributed by atoms with Gasteiger partial charge in [-0.1, -0.05) is 40.5 Å². The van der Waals surface area contributed by atoms with Gasteiger partial charge in [0.05, 0.1) is 16.6 Å². The molecule has 1 aromatic heterocycles. The topological polar surface area (TPSA) is 59.2 Å². The lowest BCUT2D eigenvalue weighted by atomic mass is 10.1. The third kappa shape index (κ3) is 3.08. The molecule has 0 spiro atoms. The van der Waals surface area contributed by atoms with Gasteiger partial charge in [0.2, 0.25) is 17.6 Å². The summed E-state index contributed by atoms with van der Waals surface area (Å²) >= 11 is 6.08. The number of hydrogen-bond donors (Lipinski definition) is 0. The Morgan fingerprint density at radius 2 is 2.12 bits per heavy atom. The van der Waals surface area contributed by atoms with Crippen molar-refractivity contribution in [3.8, 4) is 11.4 Å². The van der Waals surface area contributed by atoms with Crippen molar-refractivity contribution >= 4 is 23.2 Å². The average molecular weight is 372 g/mol. The van der Waals surface area contributed by atoms with Crippen LogP contribution in [0.15, 0.2) is 47.0 Å². The molecule has 1 unspecified atom stereocenters. The van der Waals surface area contributed by atoms with E-state index in [2.05, 4.69) is 10.1 Å². The average Bonchev–Trinajstić information content (AvgIpc) is 3.22. The summed E-state index contributed by atoms with van der Waals surface area (Å²) in [5, 5.41) is 4.23. The van der Waals surface area contributed by atoms with Crippen LogP contribution in [-0.4, -0.2) is 22.6 Å². The third-order valence-electron chi connectivity index (χ3n) is 4.39. The van der Waals surface area contributed by atoms with Crippen molar-refractivity contribution in [3.63, 3.8) is 0 Å². The SMILES string of the molecule is Cc1cccc(-c2noc(C3CC(=O)N(c4ccc(F)cc4Cl)C3)n2)c1. The number of carbonyl (C=O) groups excluding carboxylic acids is 1. The summed E-state index contributed by atoms with van der Waals surface area (Å²) in [5.74, 6) is 0.125. The Balaban J connectivity index is 1.58. The number of anilines is 1. The fourth-order valence-electron chi connectivity index (χ4n) is 3.11. The van der Waals surface area contributed by atoms with Gasteiger partial charge in [0.1, 0.15) is 5.82 Å². The van der Waals surface area contributed by atoms with Gasteiger partial charge in [-0.2, -0.15) is 4.98 Å². The van der Waals surface area contributed by atoms with Gasteiger partial charge in [-0.25, -0.2) is 4.39 Å². The van der Waals surface area contributed by atoms with Crippen LogP contribution < -0.4 is 4.90 Å². The predicted octanol–water partition coefficient (Wildman–Crippen LogP) is 4.36. The normalized spacial score (nSPS) is 17.1. The Morgan fingerprint density at radius 3 is 2.88 bits per heavy atom. The first-order chi connectivity index (χ1) is 12.5. The van der Waals surface area contributed by atoms with Gasteiger partial charge in [0.15, 0.2) is 0 Å². The van der Waals surface area contributed by atoms with Crippen molar-refractivity contribution in [2.45, 2.75) is 19.3 Å². The van der Waals surface area contributed by atoms with Crippen LogP contribution in [0.1, 0.15) is 23.8 Å². The summed E-state index contributed by atoms with van der Waals surface area (Å²) in [6, 6.07) is 11.8. The molecule has 0 N–H and O–H groups in total. The van der Waals surface area contributed by atoms with Gasteiger partial charge in [-0.05, 0) is 31.2 Å². The van der Waals surface area contributed by atoms with Gasteiger partial charge in [-0.3, -0.25) is 4.79 Å². The van der Waals surface area contributed by atoms with Crippen LogP contribution in [0, 0.1) is 12.7 Å². The molecule has 0 bridgehead atoms. The molecule has 26 heavy (non-hydrogen) atoms. The third-order valence-corrected chi connectivity index (χ3v) is 4.70. The largest absolute Gasteiger partial charge is 0.339 e. The minimum atomic E-state index is -0.443. The van der Waals surface area contributed by atoms with Crippen LogP contribution in [0.5, 0.6) is 0 Å². The number of benzene rings is 2. The monoisotopic (exact) mass is 371 g/mol. The Morgan fingerprint density at radius 1 is 1.27 bits per heavy atom. The zero-order valence-corrected chi connectivity index (χ0v) is 14.7. The summed E-state index contributed by atoms with van der Waals surface area (Å²) < 4.78 is 18.6. The molecule has 1 saturated heterocycles. The molecule has 5 nitrogen and oxygen atoms in total. The van der Waals surface area contributed by atoms with Gasteiger partial charge < -0.3 is 9.42 Å². The number of amides is 1. The molecule has 1 aliphatic rings. The fourth-order valence-corrected chi connectivity index (χ4v) is 3.38. The van der Waals surface area contributed by atoms with E-state index >= 15 is 0 Å². The van der Waals surface area contributed by atoms with E-state index in [0.29, 0.717) is 23.9 Å². The van der Waals surface area contributed by atoms with E-state index in [1.54, 1.807) is 0 Å². The molecular weight excluding hydrogens is 357 g/mol. The van der Waals surface area contributed by atoms with E-state index in [0.717, 1.165) is 11.1 Å². The number of rotatable bonds is 3. The van der Waals surface area contributed by atoms with Crippen molar-refractivity contribution in [1.82, 2.24) is 10.1 Å².